The number of hydrogen-bond donors (Lipinski definition) is 2. The topological polar surface area (TPSA) is 84.2 Å². The number of carboxylic acid groups (broad SMARTS) is 1. The maximum absolute atomic E-state index is 12.5. The van der Waals surface area contributed by atoms with Crippen molar-refractivity contribution in [2.24, 2.45) is 5.92 Å². The number of nitrogens with zero attached hydrogens (tertiary/aromatic N) is 2. The summed E-state index contributed by atoms with van der Waals surface area (Å²) in [5.74, 6) is -0.786. The summed E-state index contributed by atoms with van der Waals surface area (Å²) in [4.78, 5) is 28.2. The Balaban J connectivity index is 1.75. The van der Waals surface area contributed by atoms with Crippen molar-refractivity contribution in [3.8, 4) is 5.69 Å². The molecule has 0 unspecified atom stereocenters. The standard InChI is InChI=1S/C18H21N3O3/c1-13-6-8-18(9-7-13,17(23)24)20-16(22)14-2-4-15(5-3-14)21-11-10-19-12-21/h2-5,10-13H,6-9H2,1H3,(H,20,22)(H,23,24). The van der Waals surface area contributed by atoms with Crippen LogP contribution >= 0.6 is 0 Å². The maximum atomic E-state index is 12.5. The van der Waals surface area contributed by atoms with Gasteiger partial charge in [0.05, 0.1) is 6.33 Å². The second-order valence-electron chi connectivity index (χ2n) is 6.54. The molecular formula is C18H21N3O3. The lowest BCUT2D eigenvalue weighted by Gasteiger charge is -2.36. The second-order valence-corrected chi connectivity index (χ2v) is 6.54. The van der Waals surface area contributed by atoms with E-state index in [1.165, 1.54) is 0 Å². The Morgan fingerprint density at radius 2 is 1.92 bits per heavy atom. The molecule has 3 rings (SSSR count). The van der Waals surface area contributed by atoms with Gasteiger partial charge in [0.15, 0.2) is 0 Å². The highest BCUT2D eigenvalue weighted by molar-refractivity contribution is 5.98. The van der Waals surface area contributed by atoms with E-state index in [1.807, 2.05) is 22.9 Å². The van der Waals surface area contributed by atoms with Gasteiger partial charge in [-0.3, -0.25) is 4.79 Å². The molecule has 6 heteroatoms. The number of carbonyl (C=O) groups excluding carboxylic acids is 1. The molecule has 0 aliphatic heterocycles. The van der Waals surface area contributed by atoms with Crippen molar-refractivity contribution in [3.05, 3.63) is 48.5 Å². The molecule has 2 N–H and O–H groups in total. The molecule has 0 bridgehead atoms. The summed E-state index contributed by atoms with van der Waals surface area (Å²) in [5.41, 5.74) is 0.202. The fourth-order valence-electron chi connectivity index (χ4n) is 3.13. The van der Waals surface area contributed by atoms with Crippen molar-refractivity contribution < 1.29 is 14.7 Å². The molecule has 2 aromatic rings. The Kier molecular flexibility index (Phi) is 4.38. The van der Waals surface area contributed by atoms with E-state index in [2.05, 4.69) is 17.2 Å². The van der Waals surface area contributed by atoms with Gasteiger partial charge in [-0.2, -0.15) is 0 Å². The van der Waals surface area contributed by atoms with Crippen LogP contribution < -0.4 is 5.32 Å². The summed E-state index contributed by atoms with van der Waals surface area (Å²) >= 11 is 0. The van der Waals surface area contributed by atoms with E-state index in [9.17, 15) is 14.7 Å². The quantitative estimate of drug-likeness (QED) is 0.904. The molecule has 1 aliphatic rings. The fourth-order valence-corrected chi connectivity index (χ4v) is 3.13. The number of carbonyl (C=O) groups is 2. The Labute approximate surface area is 140 Å². The first-order valence-corrected chi connectivity index (χ1v) is 8.14. The molecule has 0 saturated heterocycles. The zero-order valence-electron chi connectivity index (χ0n) is 13.6. The number of amides is 1. The van der Waals surface area contributed by atoms with Crippen molar-refractivity contribution in [1.29, 1.82) is 0 Å². The van der Waals surface area contributed by atoms with Crippen molar-refractivity contribution in [2.75, 3.05) is 0 Å². The lowest BCUT2D eigenvalue weighted by molar-refractivity contribution is -0.146. The first-order chi connectivity index (χ1) is 11.5. The number of aromatic nitrogens is 2. The summed E-state index contributed by atoms with van der Waals surface area (Å²) in [7, 11) is 0. The summed E-state index contributed by atoms with van der Waals surface area (Å²) in [5, 5.41) is 12.4. The van der Waals surface area contributed by atoms with Crippen LogP contribution in [0.3, 0.4) is 0 Å². The number of carboxylic acids is 1. The predicted molar refractivity (Wildman–Crippen MR) is 89.0 cm³/mol. The molecule has 126 valence electrons. The fraction of sp³-hybridized carbons (Fsp3) is 0.389. The number of nitrogens with one attached hydrogen (secondary N) is 1. The van der Waals surface area contributed by atoms with Gasteiger partial charge in [-0.15, -0.1) is 0 Å². The van der Waals surface area contributed by atoms with E-state index >= 15 is 0 Å². The maximum Gasteiger partial charge on any atom is 0.329 e. The van der Waals surface area contributed by atoms with Crippen molar-refractivity contribution in [2.45, 2.75) is 38.1 Å². The summed E-state index contributed by atoms with van der Waals surface area (Å²) < 4.78 is 1.84. The van der Waals surface area contributed by atoms with E-state index in [0.29, 0.717) is 24.3 Å². The minimum Gasteiger partial charge on any atom is -0.480 e. The predicted octanol–water partition coefficient (Wildman–Crippen LogP) is 2.64. The number of aliphatic carboxylic acids is 1. The molecular weight excluding hydrogens is 306 g/mol. The highest BCUT2D eigenvalue weighted by atomic mass is 16.4. The van der Waals surface area contributed by atoms with E-state index in [-0.39, 0.29) is 5.91 Å². The second kappa shape index (κ2) is 6.47. The number of hydrogen-bond acceptors (Lipinski definition) is 3. The highest BCUT2D eigenvalue weighted by Crippen LogP contribution is 2.32. The van der Waals surface area contributed by atoms with Gasteiger partial charge in [0, 0.05) is 23.6 Å². The molecule has 1 heterocycles. The van der Waals surface area contributed by atoms with Gasteiger partial charge in [0.2, 0.25) is 0 Å². The average molecular weight is 327 g/mol. The third-order valence-electron chi connectivity index (χ3n) is 4.82. The number of benzene rings is 1. The van der Waals surface area contributed by atoms with Crippen molar-refractivity contribution in [3.63, 3.8) is 0 Å². The molecule has 1 aromatic heterocycles. The molecule has 0 atom stereocenters. The minimum atomic E-state index is -1.15. The van der Waals surface area contributed by atoms with E-state index < -0.39 is 11.5 Å². The zero-order chi connectivity index (χ0) is 17.2. The molecule has 0 spiro atoms. The lowest BCUT2D eigenvalue weighted by atomic mass is 9.77. The molecule has 1 fully saturated rings. The van der Waals surface area contributed by atoms with Crippen LogP contribution in [0.4, 0.5) is 0 Å². The van der Waals surface area contributed by atoms with Crippen LogP contribution in [0.2, 0.25) is 0 Å². The Morgan fingerprint density at radius 3 is 2.46 bits per heavy atom. The first-order valence-electron chi connectivity index (χ1n) is 8.14. The van der Waals surface area contributed by atoms with E-state index in [4.69, 9.17) is 0 Å². The lowest BCUT2D eigenvalue weighted by Crippen LogP contribution is -2.56. The van der Waals surface area contributed by atoms with Crippen molar-refractivity contribution >= 4 is 11.9 Å². The molecule has 6 nitrogen and oxygen atoms in total. The van der Waals surface area contributed by atoms with E-state index in [0.717, 1.165) is 18.5 Å². The van der Waals surface area contributed by atoms with Gasteiger partial charge < -0.3 is 15.0 Å². The SMILES string of the molecule is CC1CCC(NC(=O)c2ccc(-n3ccnc3)cc2)(C(=O)O)CC1. The van der Waals surface area contributed by atoms with Crippen LogP contribution in [-0.2, 0) is 4.79 Å². The largest absolute Gasteiger partial charge is 0.480 e. The minimum absolute atomic E-state index is 0.343. The third-order valence-corrected chi connectivity index (χ3v) is 4.82. The van der Waals surface area contributed by atoms with Crippen LogP contribution in [-0.4, -0.2) is 32.1 Å². The smallest absolute Gasteiger partial charge is 0.329 e. The third kappa shape index (κ3) is 3.18. The molecule has 1 amide bonds. The van der Waals surface area contributed by atoms with Crippen LogP contribution in [0.5, 0.6) is 0 Å². The Hall–Kier alpha value is -2.63. The van der Waals surface area contributed by atoms with Crippen LogP contribution in [0.15, 0.2) is 43.0 Å². The molecule has 24 heavy (non-hydrogen) atoms. The van der Waals surface area contributed by atoms with Gasteiger partial charge in [-0.25, -0.2) is 9.78 Å². The van der Waals surface area contributed by atoms with Crippen LogP contribution in [0.1, 0.15) is 43.0 Å². The summed E-state index contributed by atoms with van der Waals surface area (Å²) in [6.45, 7) is 2.11. The van der Waals surface area contributed by atoms with Crippen molar-refractivity contribution in [1.82, 2.24) is 14.9 Å². The number of rotatable bonds is 4. The molecule has 1 saturated carbocycles. The molecule has 1 aliphatic carbocycles. The van der Waals surface area contributed by atoms with Crippen LogP contribution in [0.25, 0.3) is 5.69 Å². The highest BCUT2D eigenvalue weighted by Gasteiger charge is 2.42. The zero-order valence-corrected chi connectivity index (χ0v) is 13.6. The monoisotopic (exact) mass is 327 g/mol. The summed E-state index contributed by atoms with van der Waals surface area (Å²) in [6.07, 6.45) is 7.75. The van der Waals surface area contributed by atoms with Gasteiger partial charge in [-0.05, 0) is 55.9 Å². The first kappa shape index (κ1) is 16.2. The normalized spacial score (nSPS) is 23.6. The van der Waals surface area contributed by atoms with Gasteiger partial charge >= 0.3 is 5.97 Å². The Bertz CT molecular complexity index is 714. The van der Waals surface area contributed by atoms with Crippen LogP contribution in [0, 0.1) is 5.92 Å². The Morgan fingerprint density at radius 1 is 1.25 bits per heavy atom. The van der Waals surface area contributed by atoms with Gasteiger partial charge in [-0.1, -0.05) is 6.92 Å². The van der Waals surface area contributed by atoms with Gasteiger partial charge in [0.25, 0.3) is 5.91 Å². The summed E-state index contributed by atoms with van der Waals surface area (Å²) in [6, 6.07) is 7.03. The number of imidazole rings is 1. The average Bonchev–Trinajstić information content (AvgIpc) is 3.11. The van der Waals surface area contributed by atoms with Gasteiger partial charge in [0.1, 0.15) is 5.54 Å². The molecule has 1 aromatic carbocycles. The molecule has 0 radical (unpaired) electrons. The van der Waals surface area contributed by atoms with E-state index in [1.54, 1.807) is 24.7 Å².